The Hall–Kier alpha value is -2.37. The van der Waals surface area contributed by atoms with Gasteiger partial charge < -0.3 is 16.0 Å². The highest BCUT2D eigenvalue weighted by atomic mass is 35.5. The summed E-state index contributed by atoms with van der Waals surface area (Å²) in [5, 5.41) is 2.72. The minimum atomic E-state index is -0.231. The second kappa shape index (κ2) is 10.8. The van der Waals surface area contributed by atoms with Crippen LogP contribution in [0.5, 0.6) is 0 Å². The van der Waals surface area contributed by atoms with E-state index in [2.05, 4.69) is 29.6 Å². The molecule has 1 fully saturated rings. The number of piperidine rings is 1. The van der Waals surface area contributed by atoms with E-state index in [4.69, 9.17) is 5.73 Å². The Labute approximate surface area is 172 Å². The molecule has 1 aliphatic heterocycles. The van der Waals surface area contributed by atoms with Crippen molar-refractivity contribution in [2.75, 3.05) is 19.6 Å². The van der Waals surface area contributed by atoms with Crippen molar-refractivity contribution < 1.29 is 9.59 Å². The average molecular weight is 402 g/mol. The van der Waals surface area contributed by atoms with Crippen LogP contribution < -0.4 is 11.1 Å². The quantitative estimate of drug-likeness (QED) is 0.781. The lowest BCUT2D eigenvalue weighted by atomic mass is 9.90. The molecule has 0 atom stereocenters. The van der Waals surface area contributed by atoms with E-state index >= 15 is 0 Å². The van der Waals surface area contributed by atoms with Crippen LogP contribution in [0.25, 0.3) is 0 Å². The number of halogens is 1. The molecular weight excluding hydrogens is 374 g/mol. The third kappa shape index (κ3) is 6.08. The number of carbonyl (C=O) groups excluding carboxylic acids is 2. The number of carbonyl (C=O) groups is 2. The van der Waals surface area contributed by atoms with Crippen molar-refractivity contribution in [3.05, 3.63) is 71.3 Å². The van der Waals surface area contributed by atoms with E-state index < -0.39 is 0 Å². The molecule has 0 radical (unpaired) electrons. The molecule has 0 aromatic heterocycles. The maximum absolute atomic E-state index is 12.4. The van der Waals surface area contributed by atoms with Gasteiger partial charge in [0, 0.05) is 25.2 Å². The first kappa shape index (κ1) is 21.9. The van der Waals surface area contributed by atoms with Crippen molar-refractivity contribution >= 4 is 24.2 Å². The van der Waals surface area contributed by atoms with Gasteiger partial charge in [0.05, 0.1) is 6.54 Å². The van der Waals surface area contributed by atoms with Gasteiger partial charge in [-0.1, -0.05) is 42.5 Å². The Kier molecular flexibility index (Phi) is 8.48. The molecule has 0 bridgehead atoms. The number of likely N-dealkylation sites (tertiary alicyclic amines) is 1. The zero-order valence-electron chi connectivity index (χ0n) is 16.0. The van der Waals surface area contributed by atoms with Crippen molar-refractivity contribution in [1.82, 2.24) is 10.2 Å². The Morgan fingerprint density at radius 3 is 2.21 bits per heavy atom. The smallest absolute Gasteiger partial charge is 0.251 e. The van der Waals surface area contributed by atoms with Gasteiger partial charge in [-0.15, -0.1) is 12.4 Å². The number of amides is 2. The molecule has 5 nitrogen and oxygen atoms in total. The number of hydrogen-bond acceptors (Lipinski definition) is 3. The molecule has 2 aromatic rings. The lowest BCUT2D eigenvalue weighted by Crippen LogP contribution is -2.44. The fraction of sp³-hybridized carbons (Fsp3) is 0.364. The number of hydrogen-bond donors (Lipinski definition) is 2. The van der Waals surface area contributed by atoms with Crippen LogP contribution in [0, 0.1) is 5.92 Å². The Morgan fingerprint density at radius 2 is 1.61 bits per heavy atom. The third-order valence-corrected chi connectivity index (χ3v) is 5.19. The molecule has 0 saturated carbocycles. The zero-order valence-corrected chi connectivity index (χ0v) is 16.8. The molecule has 3 rings (SSSR count). The first-order chi connectivity index (χ1) is 13.2. The molecule has 28 heavy (non-hydrogen) atoms. The van der Waals surface area contributed by atoms with Gasteiger partial charge in [-0.3, -0.25) is 9.59 Å². The summed E-state index contributed by atoms with van der Waals surface area (Å²) in [5.41, 5.74) is 8.43. The molecular formula is C22H28ClN3O2. The summed E-state index contributed by atoms with van der Waals surface area (Å²) in [6, 6.07) is 17.6. The third-order valence-electron chi connectivity index (χ3n) is 5.19. The van der Waals surface area contributed by atoms with Gasteiger partial charge in [0.1, 0.15) is 0 Å². The normalized spacial score (nSPS) is 14.2. The van der Waals surface area contributed by atoms with Crippen LogP contribution in [0.1, 0.15) is 34.3 Å². The van der Waals surface area contributed by atoms with Crippen molar-refractivity contribution in [2.45, 2.75) is 25.8 Å². The van der Waals surface area contributed by atoms with Gasteiger partial charge in [-0.05, 0) is 48.4 Å². The molecule has 0 spiro atoms. The van der Waals surface area contributed by atoms with E-state index in [9.17, 15) is 9.59 Å². The van der Waals surface area contributed by atoms with Crippen LogP contribution in [0.2, 0.25) is 0 Å². The van der Waals surface area contributed by atoms with Gasteiger partial charge in [-0.2, -0.15) is 0 Å². The second-order valence-corrected chi connectivity index (χ2v) is 7.10. The second-order valence-electron chi connectivity index (χ2n) is 7.10. The molecule has 2 aromatic carbocycles. The zero-order chi connectivity index (χ0) is 19.1. The van der Waals surface area contributed by atoms with Crippen molar-refractivity contribution in [2.24, 2.45) is 11.7 Å². The predicted molar refractivity (Wildman–Crippen MR) is 113 cm³/mol. The largest absolute Gasteiger partial charge is 0.343 e. The van der Waals surface area contributed by atoms with Gasteiger partial charge >= 0.3 is 0 Å². The van der Waals surface area contributed by atoms with E-state index in [1.807, 2.05) is 23.1 Å². The summed E-state index contributed by atoms with van der Waals surface area (Å²) in [4.78, 5) is 26.4. The Bertz CT molecular complexity index is 757. The van der Waals surface area contributed by atoms with Crippen LogP contribution in [-0.4, -0.2) is 36.3 Å². The fourth-order valence-electron chi connectivity index (χ4n) is 3.50. The molecule has 1 saturated heterocycles. The highest BCUT2D eigenvalue weighted by Gasteiger charge is 2.23. The van der Waals surface area contributed by atoms with Crippen LogP contribution >= 0.6 is 12.4 Å². The maximum atomic E-state index is 12.4. The first-order valence-electron chi connectivity index (χ1n) is 9.54. The minimum absolute atomic E-state index is 0. The summed E-state index contributed by atoms with van der Waals surface area (Å²) >= 11 is 0. The monoisotopic (exact) mass is 401 g/mol. The first-order valence-corrected chi connectivity index (χ1v) is 9.54. The number of nitrogens with one attached hydrogen (secondary N) is 1. The molecule has 1 heterocycles. The summed E-state index contributed by atoms with van der Waals surface area (Å²) in [5.74, 6) is 0.373. The van der Waals surface area contributed by atoms with Crippen LogP contribution in [-0.2, 0) is 17.8 Å². The lowest BCUT2D eigenvalue weighted by Gasteiger charge is -2.32. The SMILES string of the molecule is Cl.NCc1ccc(C(=O)NCC(=O)N2CCC(Cc3ccccc3)CC2)cc1. The summed E-state index contributed by atoms with van der Waals surface area (Å²) in [6.45, 7) is 2.01. The van der Waals surface area contributed by atoms with Crippen LogP contribution in [0.15, 0.2) is 54.6 Å². The Morgan fingerprint density at radius 1 is 0.964 bits per heavy atom. The topological polar surface area (TPSA) is 75.4 Å². The van der Waals surface area contributed by atoms with Gasteiger partial charge in [0.15, 0.2) is 0 Å². The summed E-state index contributed by atoms with van der Waals surface area (Å²) in [6.07, 6.45) is 3.09. The van der Waals surface area contributed by atoms with Crippen LogP contribution in [0.4, 0.5) is 0 Å². The number of benzene rings is 2. The van der Waals surface area contributed by atoms with Gasteiger partial charge in [0.2, 0.25) is 5.91 Å². The molecule has 0 aliphatic carbocycles. The van der Waals surface area contributed by atoms with Gasteiger partial charge in [-0.25, -0.2) is 0 Å². The molecule has 1 aliphatic rings. The van der Waals surface area contributed by atoms with E-state index in [-0.39, 0.29) is 30.8 Å². The molecule has 150 valence electrons. The highest BCUT2D eigenvalue weighted by Crippen LogP contribution is 2.21. The van der Waals surface area contributed by atoms with Gasteiger partial charge in [0.25, 0.3) is 5.91 Å². The summed E-state index contributed by atoms with van der Waals surface area (Å²) in [7, 11) is 0. The van der Waals surface area contributed by atoms with Crippen LogP contribution in [0.3, 0.4) is 0 Å². The number of nitrogens with two attached hydrogens (primary N) is 1. The van der Waals surface area contributed by atoms with E-state index in [1.165, 1.54) is 5.56 Å². The van der Waals surface area contributed by atoms with Crippen molar-refractivity contribution in [1.29, 1.82) is 0 Å². The molecule has 0 unspecified atom stereocenters. The van der Waals surface area contributed by atoms with Crippen molar-refractivity contribution in [3.63, 3.8) is 0 Å². The molecule has 2 amide bonds. The van der Waals surface area contributed by atoms with E-state index in [0.717, 1.165) is 37.9 Å². The highest BCUT2D eigenvalue weighted by molar-refractivity contribution is 5.96. The predicted octanol–water partition coefficient (Wildman–Crippen LogP) is 2.78. The Balaban J connectivity index is 0.00000280. The van der Waals surface area contributed by atoms with E-state index in [0.29, 0.717) is 18.0 Å². The standard InChI is InChI=1S/C22H27N3O2.ClH/c23-15-19-6-8-20(9-7-19)22(27)24-16-21(26)25-12-10-18(11-13-25)14-17-4-2-1-3-5-17;/h1-9,18H,10-16,23H2,(H,24,27);1H. The average Bonchev–Trinajstić information content (AvgIpc) is 2.73. The number of rotatable bonds is 6. The van der Waals surface area contributed by atoms with E-state index in [1.54, 1.807) is 12.1 Å². The minimum Gasteiger partial charge on any atom is -0.343 e. The lowest BCUT2D eigenvalue weighted by molar-refractivity contribution is -0.131. The number of nitrogens with zero attached hydrogens (tertiary/aromatic N) is 1. The molecule has 3 N–H and O–H groups in total. The van der Waals surface area contributed by atoms with Crippen molar-refractivity contribution in [3.8, 4) is 0 Å². The maximum Gasteiger partial charge on any atom is 0.251 e. The fourth-order valence-corrected chi connectivity index (χ4v) is 3.50. The summed E-state index contributed by atoms with van der Waals surface area (Å²) < 4.78 is 0. The molecule has 6 heteroatoms.